The molecule has 6 aromatic rings. The topological polar surface area (TPSA) is 199 Å². The van der Waals surface area contributed by atoms with Crippen molar-refractivity contribution < 1.29 is 25.2 Å². The first-order chi connectivity index (χ1) is 26.8. The van der Waals surface area contributed by atoms with Crippen molar-refractivity contribution in [2.24, 2.45) is 0 Å². The lowest BCUT2D eigenvalue weighted by Gasteiger charge is -2.22. The van der Waals surface area contributed by atoms with E-state index in [0.717, 1.165) is 16.7 Å². The minimum Gasteiger partial charge on any atom is -0.508 e. The molecule has 2 aliphatic rings. The van der Waals surface area contributed by atoms with Crippen LogP contribution in [0.4, 0.5) is 16.6 Å². The number of phenolic OH excluding ortho intramolecular Hbond substituents is 1. The molecule has 15 nitrogen and oxygen atoms in total. The Morgan fingerprint density at radius 2 is 1.65 bits per heavy atom. The predicted molar refractivity (Wildman–Crippen MR) is 205 cm³/mol. The molecule has 3 aromatic carbocycles. The molecule has 0 bridgehead atoms. The number of hydrogen-bond acceptors (Lipinski definition) is 11. The highest BCUT2D eigenvalue weighted by Crippen LogP contribution is 2.40. The number of aliphatic hydroxyl groups excluding tert-OH is 3. The highest BCUT2D eigenvalue weighted by molar-refractivity contribution is 5.84. The zero-order valence-corrected chi connectivity index (χ0v) is 30.1. The maximum atomic E-state index is 12.9. The van der Waals surface area contributed by atoms with E-state index in [0.29, 0.717) is 61.0 Å². The average Bonchev–Trinajstić information content (AvgIpc) is 4.02. The van der Waals surface area contributed by atoms with E-state index in [1.165, 1.54) is 0 Å². The van der Waals surface area contributed by atoms with Crippen molar-refractivity contribution in [3.05, 3.63) is 126 Å². The molecule has 1 unspecified atom stereocenters. The van der Waals surface area contributed by atoms with Crippen LogP contribution in [0.5, 0.6) is 5.75 Å². The van der Waals surface area contributed by atoms with Gasteiger partial charge in [-0.15, -0.1) is 0 Å². The number of nitrogens with one attached hydrogen (secondary N) is 3. The Balaban J connectivity index is 1.07. The number of imidazole rings is 1. The molecule has 55 heavy (non-hydrogen) atoms. The van der Waals surface area contributed by atoms with Crippen LogP contribution in [-0.4, -0.2) is 93.6 Å². The third-order valence-electron chi connectivity index (χ3n) is 10.6. The monoisotopic (exact) mass is 744 g/mol. The van der Waals surface area contributed by atoms with Crippen molar-refractivity contribution in [1.82, 2.24) is 39.9 Å². The minimum atomic E-state index is -1.14. The van der Waals surface area contributed by atoms with E-state index in [-0.39, 0.29) is 36.9 Å². The smallest absolute Gasteiger partial charge is 0.315 e. The van der Waals surface area contributed by atoms with Gasteiger partial charge in [0.05, 0.1) is 31.2 Å². The lowest BCUT2D eigenvalue weighted by atomic mass is 9.91. The number of nitrogens with zero attached hydrogens (tertiary/aromatic N) is 7. The molecule has 0 spiro atoms. The molecule has 1 aliphatic heterocycles. The summed E-state index contributed by atoms with van der Waals surface area (Å²) in [7, 11) is 0. The number of fused-ring (bicyclic) bond motifs is 1. The summed E-state index contributed by atoms with van der Waals surface area (Å²) in [5, 5.41) is 55.8. The maximum Gasteiger partial charge on any atom is 0.315 e. The van der Waals surface area contributed by atoms with E-state index in [2.05, 4.69) is 45.3 Å². The van der Waals surface area contributed by atoms with Crippen molar-refractivity contribution in [3.63, 3.8) is 0 Å². The summed E-state index contributed by atoms with van der Waals surface area (Å²) >= 11 is 0. The van der Waals surface area contributed by atoms with Gasteiger partial charge in [0, 0.05) is 49.9 Å². The Kier molecular flexibility index (Phi) is 10.3. The Bertz CT molecular complexity index is 2190. The molecule has 1 saturated carbocycles. The number of carbonyl (C=O) groups excluding carboxylic acids is 1. The Labute approximate surface area is 317 Å². The van der Waals surface area contributed by atoms with E-state index >= 15 is 0 Å². The Morgan fingerprint density at radius 1 is 0.909 bits per heavy atom. The van der Waals surface area contributed by atoms with Gasteiger partial charge in [-0.2, -0.15) is 15.1 Å². The quantitative estimate of drug-likeness (QED) is 0.0969. The van der Waals surface area contributed by atoms with Gasteiger partial charge in [0.15, 0.2) is 17.0 Å². The number of hydrogen-bond donors (Lipinski definition) is 7. The first kappa shape index (κ1) is 36.0. The number of aliphatic hydroxyl groups is 3. The van der Waals surface area contributed by atoms with Crippen LogP contribution in [0.25, 0.3) is 11.2 Å². The molecule has 0 radical (unpaired) electrons. The Hall–Kier alpha value is -6.03. The molecule has 15 heteroatoms. The number of phenols is 1. The number of anilines is 2. The van der Waals surface area contributed by atoms with Crippen LogP contribution in [0.2, 0.25) is 0 Å². The third-order valence-corrected chi connectivity index (χ3v) is 10.6. The summed E-state index contributed by atoms with van der Waals surface area (Å²) in [6.45, 7) is 1.66. The van der Waals surface area contributed by atoms with E-state index in [1.807, 2.05) is 51.9 Å². The number of amides is 2. The third kappa shape index (κ3) is 7.67. The fourth-order valence-corrected chi connectivity index (χ4v) is 7.72. The molecule has 1 saturated heterocycles. The second-order valence-electron chi connectivity index (χ2n) is 14.2. The summed E-state index contributed by atoms with van der Waals surface area (Å²) in [5.41, 5.74) is 4.71. The van der Waals surface area contributed by atoms with Gasteiger partial charge in [0.2, 0.25) is 5.95 Å². The lowest BCUT2D eigenvalue weighted by Crippen LogP contribution is -2.43. The standard InChI is InChI=1S/C40H44N10O5/c51-23-26-19-44-50(21-26)33-17-32(35(53)36(33)54)49-24-43-34-37(41-20-31(27-9-3-1-4-10-27)28-11-5-2-6-12-28)46-39(47-38(34)49)48-15-14-29(22-48)45-40(55)42-18-25-8-7-13-30(52)16-25/h1-13,16,19,21,24,29,31-33,35-36,51-54H,14-15,17-18,20,22-23H2,(H,41,46,47)(H2,42,45,55)/t29?,32-,33+,35+,36-/m1/s1. The molecule has 7 N–H and O–H groups in total. The van der Waals surface area contributed by atoms with Crippen molar-refractivity contribution in [3.8, 4) is 5.75 Å². The van der Waals surface area contributed by atoms with Crippen molar-refractivity contribution >= 4 is 29.0 Å². The second-order valence-corrected chi connectivity index (χ2v) is 14.2. The van der Waals surface area contributed by atoms with Crippen LogP contribution in [-0.2, 0) is 13.2 Å². The number of urea groups is 1. The average molecular weight is 745 g/mol. The molecule has 2 fully saturated rings. The fourth-order valence-electron chi connectivity index (χ4n) is 7.72. The van der Waals surface area contributed by atoms with Crippen LogP contribution < -0.4 is 20.9 Å². The highest BCUT2D eigenvalue weighted by atomic mass is 16.3. The lowest BCUT2D eigenvalue weighted by molar-refractivity contribution is 0.00720. The van der Waals surface area contributed by atoms with Gasteiger partial charge in [-0.05, 0) is 41.7 Å². The molecular formula is C40H44N10O5. The Morgan fingerprint density at radius 3 is 2.36 bits per heavy atom. The van der Waals surface area contributed by atoms with Crippen LogP contribution in [0.15, 0.2) is 104 Å². The molecule has 284 valence electrons. The molecule has 3 aromatic heterocycles. The molecule has 8 rings (SSSR count). The summed E-state index contributed by atoms with van der Waals surface area (Å²) in [6.07, 6.45) is 3.62. The van der Waals surface area contributed by atoms with Gasteiger partial charge in [-0.1, -0.05) is 72.8 Å². The summed E-state index contributed by atoms with van der Waals surface area (Å²) in [4.78, 5) is 29.7. The van der Waals surface area contributed by atoms with E-state index in [9.17, 15) is 25.2 Å². The van der Waals surface area contributed by atoms with Crippen LogP contribution in [0, 0.1) is 0 Å². The summed E-state index contributed by atoms with van der Waals surface area (Å²) < 4.78 is 3.40. The van der Waals surface area contributed by atoms with E-state index in [4.69, 9.17) is 15.0 Å². The maximum absolute atomic E-state index is 12.9. The van der Waals surface area contributed by atoms with E-state index in [1.54, 1.807) is 41.6 Å². The van der Waals surface area contributed by atoms with Gasteiger partial charge >= 0.3 is 6.03 Å². The predicted octanol–water partition coefficient (Wildman–Crippen LogP) is 3.45. The van der Waals surface area contributed by atoms with Crippen LogP contribution >= 0.6 is 0 Å². The SMILES string of the molecule is O=C(NCc1cccc(O)c1)NC1CCN(c2nc(NCC(c3ccccc3)c3ccccc3)c3ncn([C@@H]4C[C@H](n5cc(CO)cn5)[C@@H](O)[C@H]4O)c3n2)C1. The van der Waals surface area contributed by atoms with Crippen molar-refractivity contribution in [1.29, 1.82) is 0 Å². The number of carbonyl (C=O) groups is 1. The van der Waals surface area contributed by atoms with Gasteiger partial charge in [-0.3, -0.25) is 4.68 Å². The fraction of sp³-hybridized carbons (Fsp3) is 0.325. The highest BCUT2D eigenvalue weighted by Gasteiger charge is 2.44. The summed E-state index contributed by atoms with van der Waals surface area (Å²) in [6, 6.07) is 25.7. The zero-order valence-electron chi connectivity index (χ0n) is 30.1. The van der Waals surface area contributed by atoms with Gasteiger partial charge in [0.1, 0.15) is 18.0 Å². The van der Waals surface area contributed by atoms with Crippen LogP contribution in [0.1, 0.15) is 53.1 Å². The van der Waals surface area contributed by atoms with E-state index < -0.39 is 24.3 Å². The normalized spacial score (nSPS) is 21.0. The molecule has 5 atom stereocenters. The molecular weight excluding hydrogens is 701 g/mol. The second kappa shape index (κ2) is 15.8. The van der Waals surface area contributed by atoms with Crippen molar-refractivity contribution in [2.75, 3.05) is 29.9 Å². The van der Waals surface area contributed by atoms with Gasteiger partial charge in [0.25, 0.3) is 0 Å². The first-order valence-corrected chi connectivity index (χ1v) is 18.5. The number of benzene rings is 3. The zero-order chi connectivity index (χ0) is 37.9. The van der Waals surface area contributed by atoms with Gasteiger partial charge < -0.3 is 45.8 Å². The molecule has 1 aliphatic carbocycles. The number of rotatable bonds is 12. The van der Waals surface area contributed by atoms with Gasteiger partial charge in [-0.25, -0.2) is 9.78 Å². The van der Waals surface area contributed by atoms with Crippen LogP contribution in [0.3, 0.4) is 0 Å². The summed E-state index contributed by atoms with van der Waals surface area (Å²) in [5.74, 6) is 1.12. The number of aromatic hydroxyl groups is 1. The first-order valence-electron chi connectivity index (χ1n) is 18.5. The number of aromatic nitrogens is 6. The molecule has 4 heterocycles. The largest absolute Gasteiger partial charge is 0.508 e. The minimum absolute atomic E-state index is 0.00197. The molecule has 2 amide bonds. The van der Waals surface area contributed by atoms with Crippen molar-refractivity contribution in [2.45, 2.75) is 62.2 Å².